The van der Waals surface area contributed by atoms with Crippen LogP contribution in [0.5, 0.6) is 0 Å². The maximum Gasteiger partial charge on any atom is 0.361 e. The number of esters is 2. The third kappa shape index (κ3) is 3.54. The van der Waals surface area contributed by atoms with Crippen LogP contribution in [-0.2, 0) is 23.9 Å². The lowest BCUT2D eigenvalue weighted by molar-refractivity contribution is -0.665. The standard InChI is InChI=1S/C15H16N2O6/c1-22-13(19)8-16-11-7-12(18)17(14(11)20)10-5-3-9(4-6-10)15(21)23-2/h3-6,11,16H,7-8H2,1-2H3/p+1. The first-order valence-corrected chi connectivity index (χ1v) is 6.93. The third-order valence-corrected chi connectivity index (χ3v) is 3.52. The van der Waals surface area contributed by atoms with Gasteiger partial charge in [-0.15, -0.1) is 0 Å². The van der Waals surface area contributed by atoms with Gasteiger partial charge >= 0.3 is 11.9 Å². The zero-order valence-corrected chi connectivity index (χ0v) is 12.8. The molecular weight excluding hydrogens is 304 g/mol. The summed E-state index contributed by atoms with van der Waals surface area (Å²) in [6.45, 7) is -0.0324. The molecule has 2 rings (SSSR count). The Hall–Kier alpha value is -2.74. The summed E-state index contributed by atoms with van der Waals surface area (Å²) in [5.41, 5.74) is 0.700. The molecule has 1 fully saturated rings. The Bertz CT molecular complexity index is 640. The largest absolute Gasteiger partial charge is 0.465 e. The second kappa shape index (κ2) is 7.01. The molecule has 1 heterocycles. The summed E-state index contributed by atoms with van der Waals surface area (Å²) in [5.74, 6) is -1.72. The van der Waals surface area contributed by atoms with Gasteiger partial charge in [-0.3, -0.25) is 9.59 Å². The number of hydrogen-bond acceptors (Lipinski definition) is 6. The first-order chi connectivity index (χ1) is 11.0. The monoisotopic (exact) mass is 321 g/mol. The Morgan fingerprint density at radius 1 is 1.17 bits per heavy atom. The van der Waals surface area contributed by atoms with Gasteiger partial charge in [0, 0.05) is 0 Å². The van der Waals surface area contributed by atoms with Gasteiger partial charge in [0.15, 0.2) is 12.6 Å². The number of methoxy groups -OCH3 is 2. The highest BCUT2D eigenvalue weighted by atomic mass is 16.5. The summed E-state index contributed by atoms with van der Waals surface area (Å²) in [6, 6.07) is 5.32. The summed E-state index contributed by atoms with van der Waals surface area (Å²) in [6.07, 6.45) is 0.00851. The molecule has 1 unspecified atom stereocenters. The van der Waals surface area contributed by atoms with Crippen molar-refractivity contribution in [3.8, 4) is 0 Å². The van der Waals surface area contributed by atoms with Crippen molar-refractivity contribution < 1.29 is 34.0 Å². The van der Waals surface area contributed by atoms with Gasteiger partial charge in [-0.1, -0.05) is 0 Å². The number of amides is 2. The van der Waals surface area contributed by atoms with Crippen molar-refractivity contribution in [1.29, 1.82) is 0 Å². The SMILES string of the molecule is COC(=O)C[NH2+]C1CC(=O)N(c2ccc(C(=O)OC)cc2)C1=O. The normalized spacial score (nSPS) is 17.3. The van der Waals surface area contributed by atoms with Gasteiger partial charge in [-0.05, 0) is 24.3 Å². The molecule has 1 aliphatic heterocycles. The van der Waals surface area contributed by atoms with Gasteiger partial charge in [0.05, 0.1) is 31.9 Å². The first kappa shape index (κ1) is 16.6. The van der Waals surface area contributed by atoms with Gasteiger partial charge in [-0.25, -0.2) is 14.5 Å². The van der Waals surface area contributed by atoms with Gasteiger partial charge in [0.25, 0.3) is 5.91 Å². The summed E-state index contributed by atoms with van der Waals surface area (Å²) in [5, 5.41) is 1.48. The van der Waals surface area contributed by atoms with E-state index >= 15 is 0 Å². The molecule has 1 atom stereocenters. The van der Waals surface area contributed by atoms with Crippen molar-refractivity contribution in [2.75, 3.05) is 25.7 Å². The number of quaternary nitrogens is 1. The predicted molar refractivity (Wildman–Crippen MR) is 77.5 cm³/mol. The number of carbonyl (C=O) groups is 4. The second-order valence-corrected chi connectivity index (χ2v) is 4.93. The van der Waals surface area contributed by atoms with Crippen molar-refractivity contribution in [2.24, 2.45) is 0 Å². The molecule has 8 nitrogen and oxygen atoms in total. The molecule has 8 heteroatoms. The summed E-state index contributed by atoms with van der Waals surface area (Å²) < 4.78 is 9.10. The molecule has 1 aromatic carbocycles. The van der Waals surface area contributed by atoms with Crippen LogP contribution >= 0.6 is 0 Å². The lowest BCUT2D eigenvalue weighted by Crippen LogP contribution is -2.93. The maximum atomic E-state index is 12.3. The van der Waals surface area contributed by atoms with Crippen molar-refractivity contribution >= 4 is 29.4 Å². The molecule has 0 radical (unpaired) electrons. The van der Waals surface area contributed by atoms with E-state index in [1.807, 2.05) is 0 Å². The molecule has 0 aromatic heterocycles. The van der Waals surface area contributed by atoms with E-state index in [9.17, 15) is 19.2 Å². The highest BCUT2D eigenvalue weighted by molar-refractivity contribution is 6.21. The topological polar surface area (TPSA) is 107 Å². The number of hydrogen-bond donors (Lipinski definition) is 1. The van der Waals surface area contributed by atoms with Crippen molar-refractivity contribution in [1.82, 2.24) is 0 Å². The van der Waals surface area contributed by atoms with Crippen LogP contribution in [0.25, 0.3) is 0 Å². The number of nitrogens with two attached hydrogens (primary N) is 1. The van der Waals surface area contributed by atoms with Crippen molar-refractivity contribution in [3.05, 3.63) is 29.8 Å². The van der Waals surface area contributed by atoms with E-state index in [0.29, 0.717) is 11.3 Å². The van der Waals surface area contributed by atoms with Gasteiger partial charge < -0.3 is 14.8 Å². The van der Waals surface area contributed by atoms with E-state index in [2.05, 4.69) is 9.47 Å². The number of carbonyl (C=O) groups excluding carboxylic acids is 4. The Kier molecular flexibility index (Phi) is 5.07. The van der Waals surface area contributed by atoms with Crippen LogP contribution in [0.15, 0.2) is 24.3 Å². The van der Waals surface area contributed by atoms with Gasteiger partial charge in [-0.2, -0.15) is 0 Å². The van der Waals surface area contributed by atoms with Crippen molar-refractivity contribution in [3.63, 3.8) is 0 Å². The molecule has 2 amide bonds. The molecule has 23 heavy (non-hydrogen) atoms. The van der Waals surface area contributed by atoms with Gasteiger partial charge in [0.2, 0.25) is 5.91 Å². The van der Waals surface area contributed by atoms with Crippen LogP contribution < -0.4 is 10.2 Å². The number of ether oxygens (including phenoxy) is 2. The highest BCUT2D eigenvalue weighted by Gasteiger charge is 2.42. The molecule has 122 valence electrons. The van der Waals surface area contributed by atoms with E-state index in [4.69, 9.17) is 0 Å². The van der Waals surface area contributed by atoms with E-state index in [-0.39, 0.29) is 18.9 Å². The highest BCUT2D eigenvalue weighted by Crippen LogP contribution is 2.22. The molecule has 0 aliphatic carbocycles. The summed E-state index contributed by atoms with van der Waals surface area (Å²) >= 11 is 0. The molecular formula is C15H17N2O6+. The first-order valence-electron chi connectivity index (χ1n) is 6.93. The van der Waals surface area contributed by atoms with E-state index in [0.717, 1.165) is 4.90 Å². The van der Waals surface area contributed by atoms with E-state index in [1.165, 1.54) is 43.8 Å². The number of rotatable bonds is 5. The molecule has 0 bridgehead atoms. The zero-order valence-electron chi connectivity index (χ0n) is 12.8. The number of benzene rings is 1. The number of anilines is 1. The van der Waals surface area contributed by atoms with Crippen LogP contribution in [-0.4, -0.2) is 50.6 Å². The smallest absolute Gasteiger partial charge is 0.361 e. The average molecular weight is 321 g/mol. The fraction of sp³-hybridized carbons (Fsp3) is 0.333. The minimum Gasteiger partial charge on any atom is -0.465 e. The van der Waals surface area contributed by atoms with Crippen LogP contribution in [0.3, 0.4) is 0 Å². The quantitative estimate of drug-likeness (QED) is 0.542. The summed E-state index contributed by atoms with van der Waals surface area (Å²) in [7, 11) is 2.53. The predicted octanol–water partition coefficient (Wildman–Crippen LogP) is -1.16. The molecule has 0 spiro atoms. The van der Waals surface area contributed by atoms with Crippen LogP contribution in [0.1, 0.15) is 16.8 Å². The van der Waals surface area contributed by atoms with Crippen LogP contribution in [0.2, 0.25) is 0 Å². The van der Waals surface area contributed by atoms with Crippen LogP contribution in [0, 0.1) is 0 Å². The number of imide groups is 1. The zero-order chi connectivity index (χ0) is 17.0. The molecule has 0 saturated carbocycles. The Balaban J connectivity index is 2.10. The minimum absolute atomic E-state index is 0.00851. The molecule has 1 aromatic rings. The Labute approximate surface area is 132 Å². The molecule has 1 saturated heterocycles. The lowest BCUT2D eigenvalue weighted by Gasteiger charge is -2.14. The van der Waals surface area contributed by atoms with E-state index < -0.39 is 23.9 Å². The second-order valence-electron chi connectivity index (χ2n) is 4.93. The maximum absolute atomic E-state index is 12.3. The van der Waals surface area contributed by atoms with E-state index in [1.54, 1.807) is 0 Å². The average Bonchev–Trinajstić information content (AvgIpc) is 2.85. The Morgan fingerprint density at radius 3 is 2.39 bits per heavy atom. The minimum atomic E-state index is -0.651. The third-order valence-electron chi connectivity index (χ3n) is 3.52. The number of nitrogens with zero attached hydrogens (tertiary/aromatic N) is 1. The summed E-state index contributed by atoms with van der Waals surface area (Å²) in [4.78, 5) is 48.0. The van der Waals surface area contributed by atoms with Crippen molar-refractivity contribution in [2.45, 2.75) is 12.5 Å². The molecule has 1 aliphatic rings. The lowest BCUT2D eigenvalue weighted by atomic mass is 10.2. The fourth-order valence-electron chi connectivity index (χ4n) is 2.30. The Morgan fingerprint density at radius 2 is 1.83 bits per heavy atom. The van der Waals surface area contributed by atoms with Gasteiger partial charge in [0.1, 0.15) is 0 Å². The fourth-order valence-corrected chi connectivity index (χ4v) is 2.30. The molecule has 2 N–H and O–H groups in total. The van der Waals surface area contributed by atoms with Crippen LogP contribution in [0.4, 0.5) is 5.69 Å².